The number of anilines is 2. The summed E-state index contributed by atoms with van der Waals surface area (Å²) in [6, 6.07) is 3.99. The third-order valence-electron chi connectivity index (χ3n) is 2.51. The van der Waals surface area contributed by atoms with Gasteiger partial charge in [0, 0.05) is 17.7 Å². The van der Waals surface area contributed by atoms with E-state index in [-0.39, 0.29) is 11.3 Å². The quantitative estimate of drug-likeness (QED) is 0.657. The maximum absolute atomic E-state index is 13.3. The second-order valence-corrected chi connectivity index (χ2v) is 3.93. The van der Waals surface area contributed by atoms with Crippen LogP contribution in [-0.2, 0) is 0 Å². The Morgan fingerprint density at radius 3 is 2.10 bits per heavy atom. The largest absolute Gasteiger partial charge is 0.396 e. The van der Waals surface area contributed by atoms with Gasteiger partial charge in [-0.05, 0) is 18.2 Å². The molecule has 0 unspecified atom stereocenters. The summed E-state index contributed by atoms with van der Waals surface area (Å²) in [5.74, 6) is -5.44. The van der Waals surface area contributed by atoms with Crippen LogP contribution in [0.2, 0.25) is 0 Å². The highest BCUT2D eigenvalue weighted by Crippen LogP contribution is 2.21. The molecular weight excluding hydrogens is 276 g/mol. The summed E-state index contributed by atoms with van der Waals surface area (Å²) in [7, 11) is 0. The monoisotopic (exact) mass is 284 g/mol. The number of amides is 1. The number of rotatable bonds is 2. The van der Waals surface area contributed by atoms with Gasteiger partial charge in [0.2, 0.25) is 0 Å². The van der Waals surface area contributed by atoms with Crippen LogP contribution >= 0.6 is 0 Å². The summed E-state index contributed by atoms with van der Waals surface area (Å²) in [6.07, 6.45) is 0. The minimum Gasteiger partial charge on any atom is -0.396 e. The summed E-state index contributed by atoms with van der Waals surface area (Å²) < 4.78 is 52.6. The van der Waals surface area contributed by atoms with Crippen LogP contribution in [0.15, 0.2) is 30.3 Å². The minimum absolute atomic E-state index is 0.166. The molecular formula is C13H8F4N2O. The number of nitrogens with two attached hydrogens (primary N) is 1. The van der Waals surface area contributed by atoms with Crippen LogP contribution in [0.3, 0.4) is 0 Å². The molecule has 3 nitrogen and oxygen atoms in total. The Balaban J connectivity index is 2.30. The van der Waals surface area contributed by atoms with Crippen molar-refractivity contribution in [3.63, 3.8) is 0 Å². The molecule has 20 heavy (non-hydrogen) atoms. The van der Waals surface area contributed by atoms with E-state index in [1.165, 1.54) is 6.07 Å². The van der Waals surface area contributed by atoms with Crippen molar-refractivity contribution >= 4 is 17.3 Å². The third kappa shape index (κ3) is 2.71. The fourth-order valence-corrected chi connectivity index (χ4v) is 1.52. The predicted molar refractivity (Wildman–Crippen MR) is 65.1 cm³/mol. The molecule has 0 aliphatic carbocycles. The molecule has 3 N–H and O–H groups in total. The van der Waals surface area contributed by atoms with Crippen LogP contribution in [-0.4, -0.2) is 5.91 Å². The number of carbonyl (C=O) groups is 1. The van der Waals surface area contributed by atoms with E-state index in [4.69, 9.17) is 5.73 Å². The lowest BCUT2D eigenvalue weighted by Crippen LogP contribution is -2.15. The first-order chi connectivity index (χ1) is 9.38. The Morgan fingerprint density at radius 1 is 0.950 bits per heavy atom. The van der Waals surface area contributed by atoms with Crippen LogP contribution in [0.5, 0.6) is 0 Å². The average Bonchev–Trinajstić information content (AvgIpc) is 2.36. The van der Waals surface area contributed by atoms with Crippen LogP contribution in [0.25, 0.3) is 0 Å². The van der Waals surface area contributed by atoms with Gasteiger partial charge in [0.05, 0.1) is 5.69 Å². The zero-order valence-corrected chi connectivity index (χ0v) is 9.88. The van der Waals surface area contributed by atoms with Gasteiger partial charge in [-0.15, -0.1) is 0 Å². The summed E-state index contributed by atoms with van der Waals surface area (Å²) in [5.41, 5.74) is 4.08. The van der Waals surface area contributed by atoms with Crippen LogP contribution in [0, 0.1) is 23.3 Å². The average molecular weight is 284 g/mol. The van der Waals surface area contributed by atoms with Gasteiger partial charge in [-0.2, -0.15) is 0 Å². The number of nitrogens with one attached hydrogen (secondary N) is 1. The Morgan fingerprint density at radius 2 is 1.55 bits per heavy atom. The number of carbonyl (C=O) groups excluding carboxylic acids is 1. The van der Waals surface area contributed by atoms with Gasteiger partial charge in [0.15, 0.2) is 11.6 Å². The number of nitrogen functional groups attached to an aromatic ring is 1. The summed E-state index contributed by atoms with van der Waals surface area (Å²) >= 11 is 0. The predicted octanol–water partition coefficient (Wildman–Crippen LogP) is 3.08. The highest BCUT2D eigenvalue weighted by Gasteiger charge is 2.16. The van der Waals surface area contributed by atoms with Gasteiger partial charge in [-0.3, -0.25) is 4.79 Å². The van der Waals surface area contributed by atoms with Crippen molar-refractivity contribution in [1.29, 1.82) is 0 Å². The Hall–Kier alpha value is -2.57. The smallest absolute Gasteiger partial charge is 0.255 e. The molecule has 0 bridgehead atoms. The number of benzene rings is 2. The molecule has 0 heterocycles. The Bertz CT molecular complexity index is 665. The second kappa shape index (κ2) is 5.20. The first kappa shape index (κ1) is 13.9. The molecule has 0 fully saturated rings. The standard InChI is InChI=1S/C13H8F4N2O/c14-7-4-9(16)12(10(17)5-7)19-13(20)6-1-2-11(18)8(15)3-6/h1-5H,18H2,(H,19,20). The first-order valence-electron chi connectivity index (χ1n) is 5.39. The van der Waals surface area contributed by atoms with Crippen LogP contribution < -0.4 is 11.1 Å². The fraction of sp³-hybridized carbons (Fsp3) is 0. The van der Waals surface area contributed by atoms with Gasteiger partial charge in [0.1, 0.15) is 17.3 Å². The van der Waals surface area contributed by atoms with Crippen molar-refractivity contribution in [3.8, 4) is 0 Å². The van der Waals surface area contributed by atoms with E-state index in [2.05, 4.69) is 0 Å². The van der Waals surface area contributed by atoms with Gasteiger partial charge in [-0.1, -0.05) is 0 Å². The minimum atomic E-state index is -1.27. The van der Waals surface area contributed by atoms with E-state index < -0.39 is 34.9 Å². The van der Waals surface area contributed by atoms with Crippen molar-refractivity contribution < 1.29 is 22.4 Å². The molecule has 0 aliphatic rings. The third-order valence-corrected chi connectivity index (χ3v) is 2.51. The highest BCUT2D eigenvalue weighted by atomic mass is 19.1. The van der Waals surface area contributed by atoms with Crippen molar-refractivity contribution in [2.24, 2.45) is 0 Å². The molecule has 104 valence electrons. The maximum Gasteiger partial charge on any atom is 0.255 e. The van der Waals surface area contributed by atoms with Gasteiger partial charge < -0.3 is 11.1 Å². The van der Waals surface area contributed by atoms with Gasteiger partial charge in [0.25, 0.3) is 5.91 Å². The molecule has 0 aliphatic heterocycles. The lowest BCUT2D eigenvalue weighted by molar-refractivity contribution is 0.102. The fourth-order valence-electron chi connectivity index (χ4n) is 1.52. The van der Waals surface area contributed by atoms with Crippen molar-refractivity contribution in [3.05, 3.63) is 59.2 Å². The SMILES string of the molecule is Nc1ccc(C(=O)Nc2c(F)cc(F)cc2F)cc1F. The van der Waals surface area contributed by atoms with E-state index in [1.807, 2.05) is 5.32 Å². The summed E-state index contributed by atoms with van der Waals surface area (Å²) in [5, 5.41) is 1.91. The van der Waals surface area contributed by atoms with E-state index in [0.29, 0.717) is 12.1 Å². The number of halogens is 4. The Kier molecular flexibility index (Phi) is 3.60. The molecule has 1 amide bonds. The lowest BCUT2D eigenvalue weighted by Gasteiger charge is -2.08. The highest BCUT2D eigenvalue weighted by molar-refractivity contribution is 6.04. The molecule has 2 aromatic rings. The van der Waals surface area contributed by atoms with E-state index in [0.717, 1.165) is 12.1 Å². The molecule has 0 atom stereocenters. The molecule has 7 heteroatoms. The summed E-state index contributed by atoms with van der Waals surface area (Å²) in [6.45, 7) is 0. The molecule has 2 rings (SSSR count). The zero-order chi connectivity index (χ0) is 14.9. The van der Waals surface area contributed by atoms with Crippen LogP contribution in [0.4, 0.5) is 28.9 Å². The van der Waals surface area contributed by atoms with Crippen LogP contribution in [0.1, 0.15) is 10.4 Å². The second-order valence-electron chi connectivity index (χ2n) is 3.93. The topological polar surface area (TPSA) is 55.1 Å². The van der Waals surface area contributed by atoms with Crippen molar-refractivity contribution in [2.45, 2.75) is 0 Å². The lowest BCUT2D eigenvalue weighted by atomic mass is 10.1. The Labute approximate surface area is 111 Å². The molecule has 0 radical (unpaired) electrons. The van der Waals surface area contributed by atoms with E-state index >= 15 is 0 Å². The molecule has 2 aromatic carbocycles. The number of hydrogen-bond donors (Lipinski definition) is 2. The van der Waals surface area contributed by atoms with Gasteiger partial charge >= 0.3 is 0 Å². The molecule has 0 saturated carbocycles. The molecule has 0 saturated heterocycles. The van der Waals surface area contributed by atoms with Crippen molar-refractivity contribution in [2.75, 3.05) is 11.1 Å². The van der Waals surface area contributed by atoms with Crippen molar-refractivity contribution in [1.82, 2.24) is 0 Å². The van der Waals surface area contributed by atoms with Gasteiger partial charge in [-0.25, -0.2) is 17.6 Å². The first-order valence-corrected chi connectivity index (χ1v) is 5.39. The zero-order valence-electron chi connectivity index (χ0n) is 9.88. The summed E-state index contributed by atoms with van der Waals surface area (Å²) in [4.78, 5) is 11.7. The number of hydrogen-bond acceptors (Lipinski definition) is 2. The normalized spacial score (nSPS) is 10.4. The molecule has 0 spiro atoms. The maximum atomic E-state index is 13.3. The van der Waals surface area contributed by atoms with E-state index in [1.54, 1.807) is 0 Å². The van der Waals surface area contributed by atoms with E-state index in [9.17, 15) is 22.4 Å². The molecule has 0 aromatic heterocycles.